The number of rotatable bonds is 10. The van der Waals surface area contributed by atoms with Crippen molar-refractivity contribution >= 4 is 31.1 Å². The van der Waals surface area contributed by atoms with Gasteiger partial charge >= 0.3 is 6.03 Å². The molecule has 0 radical (unpaired) electrons. The van der Waals surface area contributed by atoms with Crippen LogP contribution in [0.1, 0.15) is 75.6 Å². The van der Waals surface area contributed by atoms with E-state index >= 15 is 0 Å². The molecule has 0 saturated heterocycles. The lowest BCUT2D eigenvalue weighted by atomic mass is 9.63. The SMILES string of the molecule is CCC1(CN(C(=O)NCC2CC2)c2cc(C(C)(F)P)nn2S(C)(=O)=O)CCC(c2cccc(C)c2)(N(C)C)CC1. The first kappa shape index (κ1) is 30.9. The van der Waals surface area contributed by atoms with Gasteiger partial charge in [-0.3, -0.25) is 9.80 Å². The number of hydrogen-bond acceptors (Lipinski definition) is 5. The molecule has 11 heteroatoms. The van der Waals surface area contributed by atoms with Crippen LogP contribution in [0.3, 0.4) is 0 Å². The zero-order valence-electron chi connectivity index (χ0n) is 24.7. The largest absolute Gasteiger partial charge is 0.337 e. The summed E-state index contributed by atoms with van der Waals surface area (Å²) < 4.78 is 41.3. The summed E-state index contributed by atoms with van der Waals surface area (Å²) in [7, 11) is 2.41. The summed E-state index contributed by atoms with van der Waals surface area (Å²) in [6, 6.07) is 9.71. The van der Waals surface area contributed by atoms with E-state index in [1.54, 1.807) is 0 Å². The highest BCUT2D eigenvalue weighted by Crippen LogP contribution is 2.50. The van der Waals surface area contributed by atoms with Gasteiger partial charge in [-0.2, -0.15) is 5.10 Å². The first-order valence-electron chi connectivity index (χ1n) is 14.2. The molecule has 1 heterocycles. The number of aryl methyl sites for hydroxylation is 1. The van der Waals surface area contributed by atoms with E-state index in [-0.39, 0.29) is 28.5 Å². The number of aromatic nitrogens is 2. The molecular formula is C29H45FN5O3PS. The average Bonchev–Trinajstić information content (AvgIpc) is 3.59. The summed E-state index contributed by atoms with van der Waals surface area (Å²) in [5, 5.41) is 5.16. The van der Waals surface area contributed by atoms with E-state index in [1.165, 1.54) is 29.0 Å². The van der Waals surface area contributed by atoms with Gasteiger partial charge in [-0.25, -0.2) is 17.6 Å². The van der Waals surface area contributed by atoms with Gasteiger partial charge in [-0.1, -0.05) is 46.0 Å². The third kappa shape index (κ3) is 6.55. The lowest BCUT2D eigenvalue weighted by molar-refractivity contribution is 0.0359. The molecule has 222 valence electrons. The topological polar surface area (TPSA) is 87.5 Å². The van der Waals surface area contributed by atoms with E-state index in [9.17, 15) is 17.6 Å². The number of nitrogens with zero attached hydrogens (tertiary/aromatic N) is 4. The van der Waals surface area contributed by atoms with E-state index in [2.05, 4.69) is 76.8 Å². The van der Waals surface area contributed by atoms with Crippen LogP contribution in [0.15, 0.2) is 30.3 Å². The Balaban J connectivity index is 1.70. The predicted octanol–water partition coefficient (Wildman–Crippen LogP) is 5.37. The maximum atomic E-state index is 14.9. The van der Waals surface area contributed by atoms with Gasteiger partial charge in [0.25, 0.3) is 10.0 Å². The number of urea groups is 1. The zero-order chi connectivity index (χ0) is 29.5. The molecule has 1 aromatic carbocycles. The molecule has 2 atom stereocenters. The highest BCUT2D eigenvalue weighted by molar-refractivity contribution is 7.89. The number of anilines is 1. The van der Waals surface area contributed by atoms with Crippen LogP contribution < -0.4 is 10.2 Å². The smallest absolute Gasteiger partial charge is 0.323 e. The number of carbonyl (C=O) groups is 1. The normalized spacial score (nSPS) is 25.0. The Hall–Kier alpha value is -2.03. The van der Waals surface area contributed by atoms with Crippen molar-refractivity contribution in [1.82, 2.24) is 19.4 Å². The van der Waals surface area contributed by atoms with E-state index < -0.39 is 15.4 Å². The maximum absolute atomic E-state index is 14.9. The van der Waals surface area contributed by atoms with Gasteiger partial charge in [-0.15, -0.1) is 4.09 Å². The number of carbonyl (C=O) groups excluding carboxylic acids is 1. The quantitative estimate of drug-likeness (QED) is 0.375. The molecule has 2 amide bonds. The van der Waals surface area contributed by atoms with Crippen LogP contribution in [0.25, 0.3) is 0 Å². The van der Waals surface area contributed by atoms with Crippen LogP contribution in [0, 0.1) is 18.3 Å². The van der Waals surface area contributed by atoms with E-state index in [0.717, 1.165) is 55.3 Å². The van der Waals surface area contributed by atoms with Crippen LogP contribution in [0.4, 0.5) is 15.0 Å². The Morgan fingerprint density at radius 2 is 1.88 bits per heavy atom. The lowest BCUT2D eigenvalue weighted by Gasteiger charge is -2.51. The van der Waals surface area contributed by atoms with Crippen LogP contribution >= 0.6 is 9.24 Å². The van der Waals surface area contributed by atoms with Crippen molar-refractivity contribution in [2.45, 2.75) is 76.7 Å². The standard InChI is InChI=1S/C29H45FN5O3PS/c1-7-28(13-15-29(16-14-28,33(4)5)23-10-8-9-21(2)17-23)20-34(26(36)31-19-22-11-12-22)25-18-24(27(3,30)39)32-35(25)40(6,37)38/h8-10,17-18,22H,7,11-16,19-20,39H2,1-6H3,(H,31,36). The fourth-order valence-corrected chi connectivity index (χ4v) is 6.88. The molecule has 2 aromatic rings. The number of nitrogens with one attached hydrogen (secondary N) is 1. The third-order valence-electron chi connectivity index (χ3n) is 9.03. The molecular weight excluding hydrogens is 548 g/mol. The minimum absolute atomic E-state index is 0.0572. The highest BCUT2D eigenvalue weighted by Gasteiger charge is 2.46. The third-order valence-corrected chi connectivity index (χ3v) is 10.2. The Bertz CT molecular complexity index is 1330. The van der Waals surface area contributed by atoms with Crippen molar-refractivity contribution in [2.75, 3.05) is 38.3 Å². The van der Waals surface area contributed by atoms with Crippen LogP contribution in [-0.2, 0) is 21.0 Å². The Kier molecular flexibility index (Phi) is 8.76. The molecule has 2 unspecified atom stereocenters. The Morgan fingerprint density at radius 1 is 1.23 bits per heavy atom. The first-order valence-corrected chi connectivity index (χ1v) is 16.6. The molecule has 2 saturated carbocycles. The molecule has 8 nitrogen and oxygen atoms in total. The van der Waals surface area contributed by atoms with Crippen LogP contribution in [0.2, 0.25) is 0 Å². The lowest BCUT2D eigenvalue weighted by Crippen LogP contribution is -2.52. The fourth-order valence-electron chi connectivity index (χ4n) is 6.01. The summed E-state index contributed by atoms with van der Waals surface area (Å²) in [5.74, 6) is 0.528. The molecule has 0 bridgehead atoms. The number of hydrogen-bond donors (Lipinski definition) is 1. The molecule has 4 rings (SSSR count). The molecule has 1 N–H and O–H groups in total. The van der Waals surface area contributed by atoms with Gasteiger partial charge in [-0.05, 0) is 89.8 Å². The van der Waals surface area contributed by atoms with Gasteiger partial charge in [0.15, 0.2) is 11.2 Å². The number of benzene rings is 1. The van der Waals surface area contributed by atoms with Crippen molar-refractivity contribution in [3.8, 4) is 0 Å². The second-order valence-corrected chi connectivity index (χ2v) is 15.3. The van der Waals surface area contributed by atoms with Gasteiger partial charge in [0.1, 0.15) is 5.69 Å². The first-order chi connectivity index (χ1) is 18.6. The Labute approximate surface area is 241 Å². The highest BCUT2D eigenvalue weighted by atomic mass is 32.2. The summed E-state index contributed by atoms with van der Waals surface area (Å²) >= 11 is 0. The van der Waals surface area contributed by atoms with Crippen LogP contribution in [-0.4, -0.2) is 62.0 Å². The minimum Gasteiger partial charge on any atom is -0.337 e. The summed E-state index contributed by atoms with van der Waals surface area (Å²) in [6.45, 7) is 6.40. The summed E-state index contributed by atoms with van der Waals surface area (Å²) in [6.07, 6.45) is 7.50. The molecule has 1 aromatic heterocycles. The van der Waals surface area contributed by atoms with Crippen molar-refractivity contribution in [1.29, 1.82) is 0 Å². The van der Waals surface area contributed by atoms with Gasteiger partial charge < -0.3 is 5.32 Å². The molecule has 0 spiro atoms. The van der Waals surface area contributed by atoms with Crippen LogP contribution in [0.5, 0.6) is 0 Å². The average molecular weight is 594 g/mol. The molecule has 2 aliphatic rings. The number of halogens is 1. The summed E-state index contributed by atoms with van der Waals surface area (Å²) in [4.78, 5) is 17.5. The number of alkyl halides is 1. The van der Waals surface area contributed by atoms with E-state index in [4.69, 9.17) is 0 Å². The molecule has 0 aliphatic heterocycles. The number of amides is 2. The maximum Gasteiger partial charge on any atom is 0.323 e. The van der Waals surface area contributed by atoms with Crippen molar-refractivity contribution in [2.24, 2.45) is 11.3 Å². The monoisotopic (exact) mass is 593 g/mol. The summed E-state index contributed by atoms with van der Waals surface area (Å²) in [5.41, 5.74) is 2.10. The van der Waals surface area contributed by atoms with E-state index in [1.807, 2.05) is 0 Å². The zero-order valence-corrected chi connectivity index (χ0v) is 26.7. The van der Waals surface area contributed by atoms with Crippen molar-refractivity contribution in [3.05, 3.63) is 47.2 Å². The Morgan fingerprint density at radius 3 is 2.38 bits per heavy atom. The van der Waals surface area contributed by atoms with Gasteiger partial charge in [0.05, 0.1) is 6.26 Å². The minimum atomic E-state index is -3.91. The molecule has 2 aliphatic carbocycles. The predicted molar refractivity (Wildman–Crippen MR) is 162 cm³/mol. The van der Waals surface area contributed by atoms with E-state index in [0.29, 0.717) is 19.0 Å². The van der Waals surface area contributed by atoms with Crippen molar-refractivity contribution < 1.29 is 17.6 Å². The van der Waals surface area contributed by atoms with Crippen molar-refractivity contribution in [3.63, 3.8) is 0 Å². The fraction of sp³-hybridized carbons (Fsp3) is 0.655. The second-order valence-electron chi connectivity index (χ2n) is 12.4. The van der Waals surface area contributed by atoms with Gasteiger partial charge in [0.2, 0.25) is 0 Å². The second kappa shape index (κ2) is 11.3. The molecule has 40 heavy (non-hydrogen) atoms. The van der Waals surface area contributed by atoms with Gasteiger partial charge in [0, 0.05) is 24.7 Å². The molecule has 2 fully saturated rings.